The number of imidazole rings is 1. The van der Waals surface area contributed by atoms with Gasteiger partial charge in [0.05, 0.1) is 6.33 Å². The van der Waals surface area contributed by atoms with E-state index in [9.17, 15) is 9.59 Å². The first kappa shape index (κ1) is 16.4. The number of hydrogen-bond donors (Lipinski definition) is 0. The third-order valence-electron chi connectivity index (χ3n) is 4.61. The second kappa shape index (κ2) is 7.90. The first-order valence-electron chi connectivity index (χ1n) is 8.52. The molecule has 126 valence electrons. The first-order valence-corrected chi connectivity index (χ1v) is 8.52. The second-order valence-corrected chi connectivity index (χ2v) is 6.37. The van der Waals surface area contributed by atoms with Crippen molar-refractivity contribution in [3.63, 3.8) is 0 Å². The molecule has 0 saturated carbocycles. The number of ketones is 1. The van der Waals surface area contributed by atoms with Gasteiger partial charge in [-0.05, 0) is 24.8 Å². The third-order valence-corrected chi connectivity index (χ3v) is 4.61. The molecule has 0 bridgehead atoms. The Balaban J connectivity index is 1.51. The Labute approximate surface area is 142 Å². The summed E-state index contributed by atoms with van der Waals surface area (Å²) < 4.78 is 1.77. The normalized spacial score (nSPS) is 17.7. The number of Topliss-reactive ketones (excluding diaryl/α,β-unsaturated/α-hetero) is 1. The van der Waals surface area contributed by atoms with Gasteiger partial charge in [0, 0.05) is 37.8 Å². The largest absolute Gasteiger partial charge is 0.340 e. The first-order chi connectivity index (χ1) is 11.7. The average Bonchev–Trinajstić information content (AvgIpc) is 3.13. The van der Waals surface area contributed by atoms with Gasteiger partial charge in [0.2, 0.25) is 5.91 Å². The minimum Gasteiger partial charge on any atom is -0.340 e. The van der Waals surface area contributed by atoms with Crippen LogP contribution in [0.2, 0.25) is 0 Å². The maximum absolute atomic E-state index is 12.5. The van der Waals surface area contributed by atoms with Gasteiger partial charge in [-0.15, -0.1) is 0 Å². The zero-order chi connectivity index (χ0) is 16.8. The molecule has 1 aromatic carbocycles. The van der Waals surface area contributed by atoms with E-state index in [-0.39, 0.29) is 17.6 Å². The Morgan fingerprint density at radius 1 is 1.21 bits per heavy atom. The van der Waals surface area contributed by atoms with Gasteiger partial charge in [-0.25, -0.2) is 4.98 Å². The fourth-order valence-electron chi connectivity index (χ4n) is 3.22. The van der Waals surface area contributed by atoms with Crippen LogP contribution in [0, 0.1) is 5.92 Å². The van der Waals surface area contributed by atoms with Crippen molar-refractivity contribution in [2.75, 3.05) is 13.1 Å². The summed E-state index contributed by atoms with van der Waals surface area (Å²) in [5.74, 6) is 0.321. The minimum absolute atomic E-state index is 0.0193. The Morgan fingerprint density at radius 2 is 2.04 bits per heavy atom. The molecule has 0 spiro atoms. The van der Waals surface area contributed by atoms with Crippen molar-refractivity contribution in [2.45, 2.75) is 32.2 Å². The molecule has 24 heavy (non-hydrogen) atoms. The molecule has 2 aromatic rings. The molecule has 1 aliphatic heterocycles. The van der Waals surface area contributed by atoms with E-state index in [0.29, 0.717) is 19.5 Å². The molecule has 0 aliphatic carbocycles. The lowest BCUT2D eigenvalue weighted by Crippen LogP contribution is -2.43. The third kappa shape index (κ3) is 4.31. The fourth-order valence-corrected chi connectivity index (χ4v) is 3.22. The summed E-state index contributed by atoms with van der Waals surface area (Å²) in [6.07, 6.45) is 8.21. The topological polar surface area (TPSA) is 55.2 Å². The van der Waals surface area contributed by atoms with E-state index >= 15 is 0 Å². The molecule has 5 heteroatoms. The van der Waals surface area contributed by atoms with Gasteiger partial charge >= 0.3 is 0 Å². The summed E-state index contributed by atoms with van der Waals surface area (Å²) in [5.41, 5.74) is 1.19. The number of carbonyl (C=O) groups excluding carboxylic acids is 2. The van der Waals surface area contributed by atoms with E-state index in [4.69, 9.17) is 0 Å². The lowest BCUT2D eigenvalue weighted by Gasteiger charge is -2.32. The van der Waals surface area contributed by atoms with Gasteiger partial charge in [0.1, 0.15) is 12.3 Å². The molecule has 1 atom stereocenters. The zero-order valence-corrected chi connectivity index (χ0v) is 13.8. The van der Waals surface area contributed by atoms with Crippen LogP contribution >= 0.6 is 0 Å². The van der Waals surface area contributed by atoms with Crippen LogP contribution in [0.3, 0.4) is 0 Å². The van der Waals surface area contributed by atoms with Gasteiger partial charge in [0.25, 0.3) is 0 Å². The van der Waals surface area contributed by atoms with Crippen LogP contribution in [0.15, 0.2) is 49.1 Å². The molecule has 0 N–H and O–H groups in total. The number of rotatable bonds is 6. The number of likely N-dealkylation sites (tertiary alicyclic amines) is 1. The van der Waals surface area contributed by atoms with E-state index in [1.54, 1.807) is 23.3 Å². The van der Waals surface area contributed by atoms with Gasteiger partial charge < -0.3 is 9.47 Å². The van der Waals surface area contributed by atoms with Crippen molar-refractivity contribution in [1.29, 1.82) is 0 Å². The number of aryl methyl sites for hydroxylation is 1. The average molecular weight is 325 g/mol. The summed E-state index contributed by atoms with van der Waals surface area (Å²) in [6, 6.07) is 10.1. The lowest BCUT2D eigenvalue weighted by atomic mass is 9.90. The molecule has 1 amide bonds. The Bertz CT molecular complexity index is 667. The summed E-state index contributed by atoms with van der Waals surface area (Å²) in [6.45, 7) is 1.60. The monoisotopic (exact) mass is 325 g/mol. The van der Waals surface area contributed by atoms with Crippen LogP contribution < -0.4 is 0 Å². The van der Waals surface area contributed by atoms with Crippen molar-refractivity contribution >= 4 is 11.7 Å². The maximum Gasteiger partial charge on any atom is 0.242 e. The SMILES string of the molecule is O=C(CCc1ccccc1)[C@@H]1CCCN(C(=O)Cn2ccnc2)C1. The smallest absolute Gasteiger partial charge is 0.242 e. The summed E-state index contributed by atoms with van der Waals surface area (Å²) in [4.78, 5) is 30.7. The van der Waals surface area contributed by atoms with Crippen molar-refractivity contribution < 1.29 is 9.59 Å². The highest BCUT2D eigenvalue weighted by atomic mass is 16.2. The number of carbonyl (C=O) groups is 2. The van der Waals surface area contributed by atoms with Crippen LogP contribution in [0.25, 0.3) is 0 Å². The molecule has 2 heterocycles. The standard InChI is InChI=1S/C19H23N3O2/c23-18(9-8-16-5-2-1-3-6-16)17-7-4-11-22(13-17)19(24)14-21-12-10-20-15-21/h1-3,5-6,10,12,15,17H,4,7-9,11,13-14H2/t17-/m1/s1. The van der Waals surface area contributed by atoms with Crippen molar-refractivity contribution in [3.05, 3.63) is 54.6 Å². The highest BCUT2D eigenvalue weighted by Gasteiger charge is 2.27. The highest BCUT2D eigenvalue weighted by Crippen LogP contribution is 2.20. The quantitative estimate of drug-likeness (QED) is 0.819. The van der Waals surface area contributed by atoms with E-state index < -0.39 is 0 Å². The Kier molecular flexibility index (Phi) is 5.41. The summed E-state index contributed by atoms with van der Waals surface area (Å²) in [7, 11) is 0. The van der Waals surface area contributed by atoms with Crippen LogP contribution in [-0.2, 0) is 22.6 Å². The number of benzene rings is 1. The van der Waals surface area contributed by atoms with E-state index in [0.717, 1.165) is 25.8 Å². The maximum atomic E-state index is 12.5. The van der Waals surface area contributed by atoms with Crippen LogP contribution in [0.1, 0.15) is 24.8 Å². The molecule has 1 aliphatic rings. The highest BCUT2D eigenvalue weighted by molar-refractivity contribution is 5.83. The van der Waals surface area contributed by atoms with Crippen molar-refractivity contribution in [1.82, 2.24) is 14.5 Å². The number of hydrogen-bond acceptors (Lipinski definition) is 3. The molecular formula is C19H23N3O2. The minimum atomic E-state index is -0.0193. The van der Waals surface area contributed by atoms with Crippen LogP contribution in [-0.4, -0.2) is 39.2 Å². The second-order valence-electron chi connectivity index (χ2n) is 6.37. The summed E-state index contributed by atoms with van der Waals surface area (Å²) in [5, 5.41) is 0. The molecule has 0 unspecified atom stereocenters. The molecule has 1 aromatic heterocycles. The lowest BCUT2D eigenvalue weighted by molar-refractivity contribution is -0.135. The molecule has 1 saturated heterocycles. The van der Waals surface area contributed by atoms with E-state index in [2.05, 4.69) is 17.1 Å². The van der Waals surface area contributed by atoms with Crippen molar-refractivity contribution in [2.24, 2.45) is 5.92 Å². The van der Waals surface area contributed by atoms with Gasteiger partial charge in [0.15, 0.2) is 0 Å². The number of aromatic nitrogens is 2. The number of amides is 1. The van der Waals surface area contributed by atoms with Gasteiger partial charge in [-0.3, -0.25) is 9.59 Å². The Morgan fingerprint density at radius 3 is 2.79 bits per heavy atom. The molecule has 0 radical (unpaired) electrons. The van der Waals surface area contributed by atoms with E-state index in [1.807, 2.05) is 23.1 Å². The Hall–Kier alpha value is -2.43. The molecule has 1 fully saturated rings. The summed E-state index contributed by atoms with van der Waals surface area (Å²) >= 11 is 0. The van der Waals surface area contributed by atoms with E-state index in [1.165, 1.54) is 5.56 Å². The molecule has 5 nitrogen and oxygen atoms in total. The molecular weight excluding hydrogens is 302 g/mol. The van der Waals surface area contributed by atoms with Crippen molar-refractivity contribution in [3.8, 4) is 0 Å². The number of piperidine rings is 1. The fraction of sp³-hybridized carbons (Fsp3) is 0.421. The van der Waals surface area contributed by atoms with Gasteiger partial charge in [-0.2, -0.15) is 0 Å². The van der Waals surface area contributed by atoms with Crippen LogP contribution in [0.4, 0.5) is 0 Å². The van der Waals surface area contributed by atoms with Crippen LogP contribution in [0.5, 0.6) is 0 Å². The predicted molar refractivity (Wildman–Crippen MR) is 91.3 cm³/mol. The molecule has 3 rings (SSSR count). The van der Waals surface area contributed by atoms with Gasteiger partial charge in [-0.1, -0.05) is 30.3 Å². The number of nitrogens with zero attached hydrogens (tertiary/aromatic N) is 3. The predicted octanol–water partition coefficient (Wildman–Crippen LogP) is 2.32. The zero-order valence-electron chi connectivity index (χ0n) is 13.8.